The van der Waals surface area contributed by atoms with E-state index in [9.17, 15) is 9.90 Å². The molecule has 0 spiro atoms. The van der Waals surface area contributed by atoms with Crippen LogP contribution in [0.25, 0.3) is 0 Å². The lowest BCUT2D eigenvalue weighted by atomic mass is 10.1. The Bertz CT molecular complexity index is 1880. The third-order valence-electron chi connectivity index (χ3n) is 7.50. The number of amidine groups is 1. The van der Waals surface area contributed by atoms with Gasteiger partial charge in [-0.15, -0.1) is 25.0 Å². The van der Waals surface area contributed by atoms with E-state index >= 15 is 0 Å². The normalized spacial score (nSPS) is 13.7. The van der Waals surface area contributed by atoms with Crippen LogP contribution in [0.3, 0.4) is 0 Å². The lowest BCUT2D eigenvalue weighted by Crippen LogP contribution is -2.52. The number of aryl methyl sites for hydroxylation is 2. The Morgan fingerprint density at radius 2 is 1.54 bits per heavy atom. The average molecular weight is 675 g/mol. The average Bonchev–Trinajstić information content (AvgIpc) is 3.08. The van der Waals surface area contributed by atoms with E-state index in [-0.39, 0.29) is 11.6 Å². The van der Waals surface area contributed by atoms with E-state index in [1.807, 2.05) is 48.9 Å². The molecule has 238 valence electrons. The van der Waals surface area contributed by atoms with Gasteiger partial charge in [0, 0.05) is 15.7 Å². The summed E-state index contributed by atoms with van der Waals surface area (Å²) in [5.74, 6) is 0.222. The van der Waals surface area contributed by atoms with Crippen molar-refractivity contribution in [1.82, 2.24) is 30.7 Å². The van der Waals surface area contributed by atoms with Crippen LogP contribution in [0, 0.1) is 13.8 Å². The second-order valence-electron chi connectivity index (χ2n) is 10.6. The van der Waals surface area contributed by atoms with Crippen LogP contribution in [0.1, 0.15) is 23.7 Å². The highest BCUT2D eigenvalue weighted by molar-refractivity contribution is 8.13. The summed E-state index contributed by atoms with van der Waals surface area (Å²) >= 11 is 2.60. The quantitative estimate of drug-likeness (QED) is 0.112. The van der Waals surface area contributed by atoms with Crippen LogP contribution in [0.5, 0.6) is 0 Å². The Labute approximate surface area is 277 Å². The molecule has 0 radical (unpaired) electrons. The van der Waals surface area contributed by atoms with Crippen LogP contribution in [0.2, 0.25) is 0 Å². The number of hydrazone groups is 1. The van der Waals surface area contributed by atoms with Crippen molar-refractivity contribution in [2.75, 3.05) is 19.2 Å². The fourth-order valence-corrected chi connectivity index (χ4v) is 8.99. The van der Waals surface area contributed by atoms with Gasteiger partial charge in [0.2, 0.25) is 16.2 Å². The van der Waals surface area contributed by atoms with Crippen molar-refractivity contribution in [1.29, 1.82) is 0 Å². The second-order valence-corrected chi connectivity index (χ2v) is 15.6. The Morgan fingerprint density at radius 1 is 0.935 bits per heavy atom. The summed E-state index contributed by atoms with van der Waals surface area (Å²) in [6.07, 6.45) is 3.68. The fraction of sp³-hybridized carbons (Fsp3) is 0.219. The van der Waals surface area contributed by atoms with Crippen LogP contribution in [0.15, 0.2) is 117 Å². The summed E-state index contributed by atoms with van der Waals surface area (Å²) in [4.78, 5) is 13.6. The minimum atomic E-state index is -2.54. The van der Waals surface area contributed by atoms with Gasteiger partial charge in [-0.05, 0) is 45.5 Å². The fourth-order valence-electron chi connectivity index (χ4n) is 4.85. The van der Waals surface area contributed by atoms with Crippen LogP contribution < -0.4 is 27.0 Å². The maximum atomic E-state index is 13.6. The highest BCUT2D eigenvalue weighted by atomic mass is 32.2. The maximum absolute atomic E-state index is 13.6. The number of rotatable bonds is 7. The molecule has 0 atom stereocenters. The van der Waals surface area contributed by atoms with Gasteiger partial charge in [-0.3, -0.25) is 10.2 Å². The van der Waals surface area contributed by atoms with E-state index in [4.69, 9.17) is 5.10 Å². The molecule has 0 bridgehead atoms. The van der Waals surface area contributed by atoms with Gasteiger partial charge in [0.25, 0.3) is 0 Å². The highest BCUT2D eigenvalue weighted by Crippen LogP contribution is 2.43. The van der Waals surface area contributed by atoms with E-state index in [1.54, 1.807) is 13.8 Å². The number of aliphatic hydroxyl groups is 1. The standard InChI is InChI=1S/C32H36N9O2PS2/c1-22-17-19-25(20-18-22)21-39(44(4,26-13-9-7-10-14-26)27-15-11-8-12-16-27)30(37-40-28(42)23(2)33-35-31(40)45-5)38-41-29(43)24(3)34-36-32(41)46-6/h7-20H,21H2,1-6H3,(H2-,33,34,37,38,42,43)/p+1. The van der Waals surface area contributed by atoms with Crippen molar-refractivity contribution in [3.63, 3.8) is 0 Å². The second kappa shape index (κ2) is 14.4. The van der Waals surface area contributed by atoms with Crippen LogP contribution in [-0.2, 0) is 6.54 Å². The minimum absolute atomic E-state index is 0.0803. The van der Waals surface area contributed by atoms with E-state index < -0.39 is 12.6 Å². The number of allylic oxidation sites excluding steroid dienone is 1. The Morgan fingerprint density at radius 3 is 2.11 bits per heavy atom. The molecule has 1 aliphatic heterocycles. The predicted molar refractivity (Wildman–Crippen MR) is 190 cm³/mol. The number of guanidine groups is 1. The zero-order valence-corrected chi connectivity index (χ0v) is 29.1. The van der Waals surface area contributed by atoms with Crippen LogP contribution in [-0.4, -0.2) is 59.6 Å². The Hall–Kier alpha value is -4.32. The van der Waals surface area contributed by atoms with E-state index in [0.717, 1.165) is 21.7 Å². The number of aliphatic hydroxyl groups excluding tert-OH is 1. The summed E-state index contributed by atoms with van der Waals surface area (Å²) in [5.41, 5.74) is 8.69. The maximum Gasteiger partial charge on any atom is 0.434 e. The monoisotopic (exact) mass is 674 g/mol. The molecule has 0 saturated carbocycles. The number of hydrogen-bond acceptors (Lipinski definition) is 10. The van der Waals surface area contributed by atoms with Crippen LogP contribution >= 0.6 is 30.6 Å². The molecule has 14 heteroatoms. The molecule has 3 aromatic carbocycles. The van der Waals surface area contributed by atoms with Gasteiger partial charge in [0.15, 0.2) is 0 Å². The molecule has 1 aromatic heterocycles. The lowest BCUT2D eigenvalue weighted by molar-refractivity contribution is -0.410. The van der Waals surface area contributed by atoms with Crippen molar-refractivity contribution < 1.29 is 9.43 Å². The smallest absolute Gasteiger partial charge is 0.434 e. The molecule has 0 fully saturated rings. The van der Waals surface area contributed by atoms with E-state index in [1.165, 1.54) is 33.2 Å². The molecule has 2 heterocycles. The molecule has 46 heavy (non-hydrogen) atoms. The number of nitrogens with one attached hydrogen (secondary N) is 2. The number of hydrazine groups is 1. The molecule has 3 N–H and O–H groups in total. The van der Waals surface area contributed by atoms with Gasteiger partial charge in [0.1, 0.15) is 5.69 Å². The topological polar surface area (TPSA) is 123 Å². The predicted octanol–water partition coefficient (Wildman–Crippen LogP) is 4.58. The summed E-state index contributed by atoms with van der Waals surface area (Å²) in [7, 11) is -2.54. The van der Waals surface area contributed by atoms with Gasteiger partial charge >= 0.3 is 11.5 Å². The first-order chi connectivity index (χ1) is 22.2. The van der Waals surface area contributed by atoms with Crippen molar-refractivity contribution >= 4 is 52.3 Å². The summed E-state index contributed by atoms with van der Waals surface area (Å²) < 4.78 is 3.47. The zero-order valence-electron chi connectivity index (χ0n) is 26.5. The van der Waals surface area contributed by atoms with Crippen LogP contribution in [0.4, 0.5) is 0 Å². The largest absolute Gasteiger partial charge is 0.491 e. The minimum Gasteiger partial charge on any atom is -0.491 e. The van der Waals surface area contributed by atoms with Gasteiger partial charge in [-0.1, -0.05) is 114 Å². The third-order valence-corrected chi connectivity index (χ3v) is 12.7. The summed E-state index contributed by atoms with van der Waals surface area (Å²) in [6, 6.07) is 29.0. The molecule has 4 aromatic rings. The number of thioether (sulfide) groups is 2. The van der Waals surface area contributed by atoms with Gasteiger partial charge in [0.05, 0.1) is 19.3 Å². The number of benzene rings is 3. The molecular formula is C32H37N9O2PS2+. The molecule has 5 rings (SSSR count). The van der Waals surface area contributed by atoms with E-state index in [2.05, 4.69) is 92.6 Å². The first-order valence-corrected chi connectivity index (χ1v) is 19.1. The zero-order chi connectivity index (χ0) is 32.8. The lowest BCUT2D eigenvalue weighted by Gasteiger charge is -2.30. The van der Waals surface area contributed by atoms with Crippen molar-refractivity contribution in [2.45, 2.75) is 32.5 Å². The number of hydrogen-bond donors (Lipinski definition) is 3. The summed E-state index contributed by atoms with van der Waals surface area (Å²) in [5, 5.41) is 33.5. The first kappa shape index (κ1) is 33.1. The molecule has 0 aliphatic carbocycles. The van der Waals surface area contributed by atoms with Crippen molar-refractivity contribution in [3.8, 4) is 0 Å². The third kappa shape index (κ3) is 6.76. The molecule has 11 nitrogen and oxygen atoms in total. The van der Waals surface area contributed by atoms with Gasteiger partial charge < -0.3 is 5.11 Å². The summed E-state index contributed by atoms with van der Waals surface area (Å²) in [6.45, 7) is 8.05. The molecule has 0 amide bonds. The molecule has 0 saturated heterocycles. The van der Waals surface area contributed by atoms with E-state index in [0.29, 0.717) is 28.5 Å². The molecule has 1 aliphatic rings. The van der Waals surface area contributed by atoms with Crippen molar-refractivity contribution in [2.24, 2.45) is 10.2 Å². The number of aromatic nitrogens is 3. The first-order valence-electron chi connectivity index (χ1n) is 14.4. The van der Waals surface area contributed by atoms with Gasteiger partial charge in [-0.2, -0.15) is 5.43 Å². The molecular weight excluding hydrogens is 638 g/mol. The Kier molecular flexibility index (Phi) is 10.4. The van der Waals surface area contributed by atoms with Crippen molar-refractivity contribution in [3.05, 3.63) is 124 Å². The SMILES string of the molecule is CSC1=NNC(C)=C(O)N1N/C(=N\n1c(SC)nnc(C)c1=O)[N+](Cc1ccc(C)cc1)=P(C)(c1ccccc1)c1ccccc1. The Balaban J connectivity index is 1.93. The number of nitrogens with zero attached hydrogens (tertiary/aromatic N) is 7. The molecule has 0 unspecified atom stereocenters. The van der Waals surface area contributed by atoms with Gasteiger partial charge in [-0.25, -0.2) is 4.33 Å². The highest BCUT2D eigenvalue weighted by Gasteiger charge is 2.35.